The second-order valence-corrected chi connectivity index (χ2v) is 19.0. The SMILES string of the molecule is CCCCCN1C(=O)C(C(O[C@@H]2O[C@H](CN)[C@@H](O)[C@H]2OC)[C@H]2O[C@@H](n3ccc(=O)[nH]c3=O)[C@H](O)[C@@H]2O)N(CCCNC(=O)[C@@H](NC(=O)[C@@H](NC(=O)N[C@H](C(=O)O)C(C)C)[C@@H]2CCN=C(N)N2)[C@@H](O)C(C)C)C1=O. The highest BCUT2D eigenvalue weighted by molar-refractivity contribution is 6.04. The van der Waals surface area contributed by atoms with Crippen molar-refractivity contribution in [2.24, 2.45) is 28.3 Å². The van der Waals surface area contributed by atoms with Crippen LogP contribution in [-0.4, -0.2) is 212 Å². The van der Waals surface area contributed by atoms with E-state index in [1.807, 2.05) is 11.9 Å². The average Bonchev–Trinajstić information content (AvgIpc) is 3.90. The van der Waals surface area contributed by atoms with E-state index < -0.39 is 150 Å². The van der Waals surface area contributed by atoms with E-state index in [0.29, 0.717) is 12.8 Å². The molecule has 2 unspecified atom stereocenters. The molecule has 0 spiro atoms. The summed E-state index contributed by atoms with van der Waals surface area (Å²) < 4.78 is 24.7. The fraction of sp³-hybridized carbons (Fsp3) is 0.750. The van der Waals surface area contributed by atoms with Crippen molar-refractivity contribution in [3.05, 3.63) is 33.1 Å². The van der Waals surface area contributed by atoms with E-state index in [1.54, 1.807) is 27.7 Å². The Balaban J connectivity index is 1.41. The number of nitrogens with one attached hydrogen (secondary N) is 6. The number of hydrogen-bond donors (Lipinski definition) is 13. The van der Waals surface area contributed by atoms with Crippen molar-refractivity contribution >= 4 is 41.7 Å². The number of aromatic nitrogens is 2. The minimum Gasteiger partial charge on any atom is -0.480 e. The summed E-state index contributed by atoms with van der Waals surface area (Å²) in [5.41, 5.74) is 9.98. The minimum atomic E-state index is -1.92. The van der Waals surface area contributed by atoms with Gasteiger partial charge in [0, 0.05) is 52.1 Å². The molecule has 0 aliphatic carbocycles. The van der Waals surface area contributed by atoms with Gasteiger partial charge in [-0.1, -0.05) is 47.5 Å². The molecule has 4 aliphatic rings. The lowest BCUT2D eigenvalue weighted by atomic mass is 9.97. The third-order valence-electron chi connectivity index (χ3n) is 13.2. The van der Waals surface area contributed by atoms with Gasteiger partial charge in [0.25, 0.3) is 11.5 Å². The van der Waals surface area contributed by atoms with Crippen LogP contribution >= 0.6 is 0 Å². The molecule has 3 fully saturated rings. The highest BCUT2D eigenvalue weighted by Gasteiger charge is 2.59. The molecule has 410 valence electrons. The van der Waals surface area contributed by atoms with Gasteiger partial charge in [0.2, 0.25) is 11.8 Å². The molecule has 7 amide bonds. The summed E-state index contributed by atoms with van der Waals surface area (Å²) in [6, 6.07) is -7.83. The smallest absolute Gasteiger partial charge is 0.330 e. The number of aromatic amines is 1. The molecule has 0 bridgehead atoms. The Labute approximate surface area is 419 Å². The number of carbonyl (C=O) groups is 6. The molecular weight excluding hydrogens is 969 g/mol. The number of aliphatic hydroxyl groups excluding tert-OH is 4. The van der Waals surface area contributed by atoms with Crippen molar-refractivity contribution < 1.29 is 73.2 Å². The van der Waals surface area contributed by atoms with Gasteiger partial charge in [-0.15, -0.1) is 0 Å². The van der Waals surface area contributed by atoms with Crippen LogP contribution in [0.25, 0.3) is 0 Å². The number of amides is 7. The first-order chi connectivity index (χ1) is 34.6. The normalized spacial score (nSPS) is 28.3. The Morgan fingerprint density at radius 2 is 1.64 bits per heavy atom. The first-order valence-corrected chi connectivity index (χ1v) is 24.4. The van der Waals surface area contributed by atoms with Crippen LogP contribution in [-0.2, 0) is 38.1 Å². The molecule has 15 atom stereocenters. The van der Waals surface area contributed by atoms with Crippen LogP contribution in [0.3, 0.4) is 0 Å². The number of nitrogens with zero attached hydrogens (tertiary/aromatic N) is 4. The van der Waals surface area contributed by atoms with Crippen molar-refractivity contribution in [2.75, 3.05) is 39.8 Å². The zero-order valence-corrected chi connectivity index (χ0v) is 41.6. The predicted octanol–water partition coefficient (Wildman–Crippen LogP) is -5.11. The maximum Gasteiger partial charge on any atom is 0.330 e. The summed E-state index contributed by atoms with van der Waals surface area (Å²) >= 11 is 0. The van der Waals surface area contributed by atoms with Crippen molar-refractivity contribution in [1.82, 2.24) is 45.9 Å². The van der Waals surface area contributed by atoms with E-state index in [-0.39, 0.29) is 51.5 Å². The fourth-order valence-electron chi connectivity index (χ4n) is 9.07. The van der Waals surface area contributed by atoms with E-state index in [9.17, 15) is 63.9 Å². The van der Waals surface area contributed by atoms with Gasteiger partial charge in [-0.2, -0.15) is 0 Å². The average molecular weight is 1040 g/mol. The maximum absolute atomic E-state index is 14.6. The number of guanidine groups is 1. The molecule has 5 heterocycles. The maximum atomic E-state index is 14.6. The minimum absolute atomic E-state index is 0.0394. The molecule has 0 aromatic carbocycles. The number of aliphatic carboxylic acids is 1. The predicted molar refractivity (Wildman–Crippen MR) is 254 cm³/mol. The second-order valence-electron chi connectivity index (χ2n) is 19.0. The fourth-order valence-corrected chi connectivity index (χ4v) is 9.07. The largest absolute Gasteiger partial charge is 0.480 e. The van der Waals surface area contributed by atoms with Crippen molar-refractivity contribution in [3.63, 3.8) is 0 Å². The number of unbranched alkanes of at least 4 members (excludes halogenated alkanes) is 2. The van der Waals surface area contributed by atoms with Crippen LogP contribution in [0, 0.1) is 11.8 Å². The molecule has 29 nitrogen and oxygen atoms in total. The molecule has 15 N–H and O–H groups in total. The van der Waals surface area contributed by atoms with Gasteiger partial charge in [-0.3, -0.25) is 38.6 Å². The first-order valence-electron chi connectivity index (χ1n) is 24.4. The Bertz CT molecular complexity index is 2250. The van der Waals surface area contributed by atoms with Gasteiger partial charge in [-0.05, 0) is 31.1 Å². The number of carboxylic acids is 1. The van der Waals surface area contributed by atoms with Crippen molar-refractivity contribution in [1.29, 1.82) is 0 Å². The van der Waals surface area contributed by atoms with E-state index >= 15 is 0 Å². The van der Waals surface area contributed by atoms with Crippen LogP contribution in [0.4, 0.5) is 9.59 Å². The molecule has 0 radical (unpaired) electrons. The number of H-pyrrole nitrogens is 1. The summed E-state index contributed by atoms with van der Waals surface area (Å²) in [4.78, 5) is 115. The standard InChI is InChI=1S/C44H72N12O17/c1-7-8-9-15-55-37(64)27(32(73-40-34(70-6)29(59)22(18-45)71-40)33-30(60)31(61)38(72-33)56-17-12-23(57)50-43(56)68)54(44(55)69)16-10-13-47-35(62)26(28(58)20(4)5)51-36(63)25(21-11-14-48-41(46)49-21)53-42(67)52-24(19(2)3)39(65)66/h12,17,19-22,24-34,38,40,58-61H,7-11,13-16,18,45H2,1-6H3,(H,47,62)(H,51,63)(H,65,66)(H3,46,48,49)(H,50,57,68)(H2,52,53,67)/t21-,22+,24-,25-,26-,27?,28-,29+,30-,31+,32?,33-,34+,38+,40-/m0/s1. The number of urea groups is 2. The van der Waals surface area contributed by atoms with E-state index in [4.69, 9.17) is 30.4 Å². The lowest BCUT2D eigenvalue weighted by Crippen LogP contribution is -2.66. The molecule has 29 heteroatoms. The topological polar surface area (TPSA) is 426 Å². The summed E-state index contributed by atoms with van der Waals surface area (Å²) in [7, 11) is 1.25. The van der Waals surface area contributed by atoms with Crippen LogP contribution in [0.15, 0.2) is 26.8 Å². The number of ether oxygens (including phenoxy) is 4. The van der Waals surface area contributed by atoms with Crippen LogP contribution < -0.4 is 49.3 Å². The number of carboxylic acid groups (broad SMARTS) is 1. The van der Waals surface area contributed by atoms with Gasteiger partial charge in [-0.25, -0.2) is 19.2 Å². The lowest BCUT2D eigenvalue weighted by Gasteiger charge is -2.36. The number of carbonyl (C=O) groups excluding carboxylic acids is 5. The molecule has 1 aromatic heterocycles. The number of hydrogen-bond acceptors (Lipinski definition) is 20. The Kier molecular flexibility index (Phi) is 20.6. The molecule has 73 heavy (non-hydrogen) atoms. The number of aliphatic hydroxyl groups is 4. The Hall–Kier alpha value is -5.79. The third kappa shape index (κ3) is 13.7. The first kappa shape index (κ1) is 58.1. The number of nitrogens with two attached hydrogens (primary N) is 2. The molecule has 1 aromatic rings. The lowest BCUT2D eigenvalue weighted by molar-refractivity contribution is -0.233. The number of aliphatic imine (C=N–C) groups is 1. The number of imide groups is 1. The third-order valence-corrected chi connectivity index (χ3v) is 13.2. The van der Waals surface area contributed by atoms with Gasteiger partial charge in [0.05, 0.1) is 12.1 Å². The molecule has 4 aliphatic heterocycles. The number of methoxy groups -OCH3 is 1. The van der Waals surface area contributed by atoms with Crippen LogP contribution in [0.1, 0.15) is 73.0 Å². The monoisotopic (exact) mass is 1040 g/mol. The highest BCUT2D eigenvalue weighted by atomic mass is 16.7. The summed E-state index contributed by atoms with van der Waals surface area (Å²) in [5.74, 6) is -5.16. The quantitative estimate of drug-likeness (QED) is 0.0322. The molecule has 0 saturated carbocycles. The zero-order chi connectivity index (χ0) is 54.0. The van der Waals surface area contributed by atoms with Gasteiger partial charge in [0.15, 0.2) is 18.5 Å². The molecule has 5 rings (SSSR count). The number of rotatable bonds is 25. The summed E-state index contributed by atoms with van der Waals surface area (Å²) in [6.45, 7) is 7.63. The summed E-state index contributed by atoms with van der Waals surface area (Å²) in [6.07, 6.45) is -12.7. The second kappa shape index (κ2) is 25.9. The molecular formula is C44H72N12O17. The van der Waals surface area contributed by atoms with Crippen molar-refractivity contribution in [3.8, 4) is 0 Å². The van der Waals surface area contributed by atoms with E-state index in [0.717, 1.165) is 33.1 Å². The van der Waals surface area contributed by atoms with Crippen molar-refractivity contribution in [2.45, 2.75) is 158 Å². The van der Waals surface area contributed by atoms with Crippen LogP contribution in [0.5, 0.6) is 0 Å². The Morgan fingerprint density at radius 1 is 0.932 bits per heavy atom. The summed E-state index contributed by atoms with van der Waals surface area (Å²) in [5, 5.41) is 67.7. The van der Waals surface area contributed by atoms with Gasteiger partial charge in [0.1, 0.15) is 66.9 Å². The van der Waals surface area contributed by atoms with E-state index in [2.05, 4.69) is 31.6 Å². The molecule has 3 saturated heterocycles. The van der Waals surface area contributed by atoms with Gasteiger partial charge >= 0.3 is 23.7 Å². The Morgan fingerprint density at radius 3 is 2.25 bits per heavy atom. The van der Waals surface area contributed by atoms with Gasteiger partial charge < -0.3 is 87.4 Å². The van der Waals surface area contributed by atoms with E-state index in [1.165, 1.54) is 7.11 Å². The zero-order valence-electron chi connectivity index (χ0n) is 41.6. The van der Waals surface area contributed by atoms with Crippen LogP contribution in [0.2, 0.25) is 0 Å². The highest BCUT2D eigenvalue weighted by Crippen LogP contribution is 2.38.